The molecule has 0 saturated carbocycles. The molecule has 1 unspecified atom stereocenters. The first-order valence-corrected chi connectivity index (χ1v) is 10.3. The monoisotopic (exact) mass is 414 g/mol. The second-order valence-corrected chi connectivity index (χ2v) is 8.06. The second-order valence-electron chi connectivity index (χ2n) is 8.06. The van der Waals surface area contributed by atoms with Gasteiger partial charge >= 0.3 is 5.97 Å². The maximum atomic E-state index is 12.6. The quantitative estimate of drug-likeness (QED) is 0.522. The van der Waals surface area contributed by atoms with E-state index in [1.54, 1.807) is 19.2 Å². The summed E-state index contributed by atoms with van der Waals surface area (Å²) in [6, 6.07) is 26.8. The van der Waals surface area contributed by atoms with Gasteiger partial charge in [0.2, 0.25) is 0 Å². The van der Waals surface area contributed by atoms with E-state index >= 15 is 0 Å². The van der Waals surface area contributed by atoms with Crippen molar-refractivity contribution in [1.82, 2.24) is 0 Å². The first-order valence-electron chi connectivity index (χ1n) is 10.3. The Bertz CT molecular complexity index is 1060. The van der Waals surface area contributed by atoms with Crippen LogP contribution in [0.5, 0.6) is 5.75 Å². The molecule has 1 heterocycles. The minimum Gasteiger partial charge on any atom is -0.497 e. The third-order valence-electron chi connectivity index (χ3n) is 5.71. The van der Waals surface area contributed by atoms with Gasteiger partial charge in [-0.1, -0.05) is 62.4 Å². The van der Waals surface area contributed by atoms with Crippen molar-refractivity contribution in [3.8, 4) is 5.75 Å². The van der Waals surface area contributed by atoms with E-state index in [2.05, 4.69) is 26.0 Å². The highest BCUT2D eigenvalue weighted by atomic mass is 16.5. The molecule has 4 rings (SSSR count). The van der Waals surface area contributed by atoms with Crippen LogP contribution in [0.2, 0.25) is 0 Å². The van der Waals surface area contributed by atoms with E-state index in [4.69, 9.17) is 14.6 Å². The average Bonchev–Trinajstić information content (AvgIpc) is 3.08. The maximum absolute atomic E-state index is 12.6. The van der Waals surface area contributed by atoms with Gasteiger partial charge < -0.3 is 9.47 Å². The predicted molar refractivity (Wildman–Crippen MR) is 123 cm³/mol. The summed E-state index contributed by atoms with van der Waals surface area (Å²) in [5.41, 5.74) is 3.13. The van der Waals surface area contributed by atoms with Gasteiger partial charge in [0.1, 0.15) is 12.4 Å². The minimum atomic E-state index is -0.349. The third-order valence-corrected chi connectivity index (χ3v) is 5.71. The smallest absolute Gasteiger partial charge is 0.338 e. The van der Waals surface area contributed by atoms with Gasteiger partial charge in [-0.3, -0.25) is 5.01 Å². The summed E-state index contributed by atoms with van der Waals surface area (Å²) in [6.07, 6.45) is 0. The molecule has 0 aromatic heterocycles. The normalized spacial score (nSPS) is 17.2. The highest BCUT2D eigenvalue weighted by molar-refractivity contribution is 6.07. The summed E-state index contributed by atoms with van der Waals surface area (Å²) in [5.74, 6) is 0.445. The van der Waals surface area contributed by atoms with E-state index < -0.39 is 0 Å². The molecule has 1 atom stereocenters. The Labute approximate surface area is 182 Å². The van der Waals surface area contributed by atoms with Crippen molar-refractivity contribution in [2.75, 3.05) is 18.7 Å². The van der Waals surface area contributed by atoms with Crippen molar-refractivity contribution in [3.63, 3.8) is 0 Å². The zero-order valence-electron chi connectivity index (χ0n) is 18.0. The van der Waals surface area contributed by atoms with Crippen LogP contribution >= 0.6 is 0 Å². The number of anilines is 1. The van der Waals surface area contributed by atoms with E-state index in [-0.39, 0.29) is 24.0 Å². The molecule has 0 bridgehead atoms. The lowest BCUT2D eigenvalue weighted by Gasteiger charge is -2.32. The molecule has 5 nitrogen and oxygen atoms in total. The van der Waals surface area contributed by atoms with E-state index in [1.165, 1.54) is 0 Å². The number of rotatable bonds is 6. The number of carbonyl (C=O) groups excluding carboxylic acids is 1. The zero-order valence-corrected chi connectivity index (χ0v) is 18.0. The fraction of sp³-hybridized carbons (Fsp3) is 0.231. The molecule has 0 amide bonds. The second kappa shape index (κ2) is 8.64. The minimum absolute atomic E-state index is 0.163. The van der Waals surface area contributed by atoms with Gasteiger partial charge in [-0.25, -0.2) is 4.79 Å². The van der Waals surface area contributed by atoms with Gasteiger partial charge in [0.05, 0.1) is 30.1 Å². The first kappa shape index (κ1) is 20.7. The number of ether oxygens (including phenoxy) is 2. The van der Waals surface area contributed by atoms with Crippen molar-refractivity contribution >= 4 is 17.4 Å². The van der Waals surface area contributed by atoms with Crippen LogP contribution in [0.4, 0.5) is 5.69 Å². The number of nitrogens with zero attached hydrogens (tertiary/aromatic N) is 2. The lowest BCUT2D eigenvalue weighted by Crippen LogP contribution is -2.44. The van der Waals surface area contributed by atoms with Crippen molar-refractivity contribution in [2.24, 2.45) is 10.5 Å². The Morgan fingerprint density at radius 3 is 2.16 bits per heavy atom. The van der Waals surface area contributed by atoms with Gasteiger partial charge in [0.25, 0.3) is 0 Å². The van der Waals surface area contributed by atoms with E-state index in [1.807, 2.05) is 65.7 Å². The number of methoxy groups -OCH3 is 1. The number of hydrogen-bond acceptors (Lipinski definition) is 5. The molecule has 1 aliphatic heterocycles. The lowest BCUT2D eigenvalue weighted by molar-refractivity contribution is 0.0450. The van der Waals surface area contributed by atoms with Crippen LogP contribution in [-0.4, -0.2) is 31.4 Å². The highest BCUT2D eigenvalue weighted by Gasteiger charge is 2.46. The molecule has 0 radical (unpaired) electrons. The topological polar surface area (TPSA) is 51.1 Å². The number of esters is 1. The van der Waals surface area contributed by atoms with Crippen LogP contribution < -0.4 is 9.75 Å². The molecular formula is C26H26N2O3. The Balaban J connectivity index is 1.65. The number of benzene rings is 3. The summed E-state index contributed by atoms with van der Waals surface area (Å²) in [5, 5.41) is 6.95. The van der Waals surface area contributed by atoms with Crippen LogP contribution in [-0.2, 0) is 4.74 Å². The van der Waals surface area contributed by atoms with Crippen LogP contribution in [0, 0.1) is 5.41 Å². The summed E-state index contributed by atoms with van der Waals surface area (Å²) in [4.78, 5) is 12.6. The Morgan fingerprint density at radius 2 is 1.55 bits per heavy atom. The number of carbonyl (C=O) groups is 1. The molecule has 5 heteroatoms. The van der Waals surface area contributed by atoms with Crippen LogP contribution in [0.15, 0.2) is 90.0 Å². The maximum Gasteiger partial charge on any atom is 0.338 e. The Kier molecular flexibility index (Phi) is 5.76. The number of hydrogen-bond donors (Lipinski definition) is 0. The van der Waals surface area contributed by atoms with Gasteiger partial charge in [-0.15, -0.1) is 0 Å². The van der Waals surface area contributed by atoms with Crippen molar-refractivity contribution in [1.29, 1.82) is 0 Å². The van der Waals surface area contributed by atoms with E-state index in [0.29, 0.717) is 5.56 Å². The highest BCUT2D eigenvalue weighted by Crippen LogP contribution is 2.40. The SMILES string of the molecule is COc1ccc(N2N=C(c3ccccc3)C(C)(C)C2COC(=O)c2ccccc2)cc1. The molecule has 3 aromatic carbocycles. The molecule has 158 valence electrons. The Hall–Kier alpha value is -3.60. The molecule has 1 aliphatic rings. The van der Waals surface area contributed by atoms with Crippen molar-refractivity contribution in [3.05, 3.63) is 96.1 Å². The lowest BCUT2D eigenvalue weighted by atomic mass is 9.78. The van der Waals surface area contributed by atoms with Crippen LogP contribution in [0.3, 0.4) is 0 Å². The van der Waals surface area contributed by atoms with Crippen molar-refractivity contribution < 1.29 is 14.3 Å². The summed E-state index contributed by atoms with van der Waals surface area (Å²) >= 11 is 0. The molecule has 0 spiro atoms. The molecule has 31 heavy (non-hydrogen) atoms. The van der Waals surface area contributed by atoms with Gasteiger partial charge in [-0.2, -0.15) is 5.10 Å². The molecule has 0 saturated heterocycles. The van der Waals surface area contributed by atoms with Crippen LogP contribution in [0.25, 0.3) is 0 Å². The molecule has 0 fully saturated rings. The fourth-order valence-corrected chi connectivity index (χ4v) is 3.86. The van der Waals surface area contributed by atoms with Gasteiger partial charge in [-0.05, 0) is 42.0 Å². The van der Waals surface area contributed by atoms with Crippen molar-refractivity contribution in [2.45, 2.75) is 19.9 Å². The third kappa shape index (κ3) is 4.17. The summed E-state index contributed by atoms with van der Waals surface area (Å²) < 4.78 is 11.0. The molecule has 0 N–H and O–H groups in total. The Morgan fingerprint density at radius 1 is 0.935 bits per heavy atom. The summed E-state index contributed by atoms with van der Waals surface area (Å²) in [7, 11) is 1.64. The number of hydrazone groups is 1. The standard InChI is InChI=1S/C26H26N2O3/c1-26(2)23(18-31-25(29)20-12-8-5-9-13-20)28(21-14-16-22(30-3)17-15-21)27-24(26)19-10-6-4-7-11-19/h4-17,23H,18H2,1-3H3. The largest absolute Gasteiger partial charge is 0.497 e. The predicted octanol–water partition coefficient (Wildman–Crippen LogP) is 5.17. The van der Waals surface area contributed by atoms with E-state index in [9.17, 15) is 4.79 Å². The fourth-order valence-electron chi connectivity index (χ4n) is 3.86. The molecular weight excluding hydrogens is 388 g/mol. The van der Waals surface area contributed by atoms with Crippen LogP contribution in [0.1, 0.15) is 29.8 Å². The average molecular weight is 415 g/mol. The first-order chi connectivity index (χ1) is 15.0. The van der Waals surface area contributed by atoms with E-state index in [0.717, 1.165) is 22.7 Å². The van der Waals surface area contributed by atoms with Gasteiger partial charge in [0, 0.05) is 5.41 Å². The zero-order chi connectivity index (χ0) is 21.8. The summed E-state index contributed by atoms with van der Waals surface area (Å²) in [6.45, 7) is 4.50. The molecule has 0 aliphatic carbocycles. The molecule has 3 aromatic rings. The van der Waals surface area contributed by atoms with Gasteiger partial charge in [0.15, 0.2) is 0 Å².